The molecule has 88 valence electrons. The van der Waals surface area contributed by atoms with Crippen LogP contribution in [0.5, 0.6) is 0 Å². The van der Waals surface area contributed by atoms with Crippen LogP contribution in [0, 0.1) is 0 Å². The van der Waals surface area contributed by atoms with Crippen molar-refractivity contribution in [3.8, 4) is 0 Å². The summed E-state index contributed by atoms with van der Waals surface area (Å²) >= 11 is 5.75. The number of hydrogen-bond acceptors (Lipinski definition) is 2. The van der Waals surface area contributed by atoms with Gasteiger partial charge in [0.25, 0.3) is 0 Å². The van der Waals surface area contributed by atoms with Gasteiger partial charge in [-0.05, 0) is 37.7 Å². The summed E-state index contributed by atoms with van der Waals surface area (Å²) in [6, 6.07) is 7.28. The second-order valence-electron chi connectivity index (χ2n) is 3.72. The van der Waals surface area contributed by atoms with Gasteiger partial charge < -0.3 is 10.6 Å². The van der Waals surface area contributed by atoms with Crippen LogP contribution in [-0.4, -0.2) is 18.5 Å². The third kappa shape index (κ3) is 4.64. The Morgan fingerprint density at radius 2 is 2.00 bits per heavy atom. The number of carbonyl (C=O) groups is 1. The van der Waals surface area contributed by atoms with Crippen molar-refractivity contribution in [2.24, 2.45) is 0 Å². The molecule has 1 unspecified atom stereocenters. The fraction of sp³-hybridized carbons (Fsp3) is 0.417. The smallest absolute Gasteiger partial charge is 0.225 e. The van der Waals surface area contributed by atoms with Gasteiger partial charge in [0.2, 0.25) is 5.91 Å². The summed E-state index contributed by atoms with van der Waals surface area (Å²) in [6.45, 7) is 4.88. The van der Waals surface area contributed by atoms with Crippen molar-refractivity contribution >= 4 is 23.2 Å². The average molecular weight is 241 g/mol. The SMILES string of the molecule is CCNC(C)CC(=O)Nc1ccc(Cl)cc1. The fourth-order valence-corrected chi connectivity index (χ4v) is 1.57. The van der Waals surface area contributed by atoms with Gasteiger partial charge in [0.05, 0.1) is 0 Å². The van der Waals surface area contributed by atoms with Crippen LogP contribution in [0.1, 0.15) is 20.3 Å². The van der Waals surface area contributed by atoms with Crippen LogP contribution in [-0.2, 0) is 4.79 Å². The van der Waals surface area contributed by atoms with Crippen molar-refractivity contribution in [2.75, 3.05) is 11.9 Å². The van der Waals surface area contributed by atoms with E-state index in [1.165, 1.54) is 0 Å². The van der Waals surface area contributed by atoms with Crippen LogP contribution >= 0.6 is 11.6 Å². The molecule has 0 aliphatic rings. The lowest BCUT2D eigenvalue weighted by Crippen LogP contribution is -2.30. The summed E-state index contributed by atoms with van der Waals surface area (Å²) in [6.07, 6.45) is 0.469. The second kappa shape index (κ2) is 6.51. The molecule has 0 aliphatic carbocycles. The quantitative estimate of drug-likeness (QED) is 0.831. The Kier molecular flexibility index (Phi) is 5.29. The Labute approximate surface area is 101 Å². The van der Waals surface area contributed by atoms with Gasteiger partial charge >= 0.3 is 0 Å². The molecule has 0 saturated carbocycles. The van der Waals surface area contributed by atoms with Gasteiger partial charge in [0.1, 0.15) is 0 Å². The lowest BCUT2D eigenvalue weighted by Gasteiger charge is -2.12. The zero-order valence-electron chi connectivity index (χ0n) is 9.59. The topological polar surface area (TPSA) is 41.1 Å². The van der Waals surface area contributed by atoms with E-state index in [9.17, 15) is 4.79 Å². The first-order chi connectivity index (χ1) is 7.61. The Morgan fingerprint density at radius 3 is 2.56 bits per heavy atom. The minimum Gasteiger partial charge on any atom is -0.326 e. The number of amides is 1. The molecule has 0 radical (unpaired) electrons. The highest BCUT2D eigenvalue weighted by Crippen LogP contribution is 2.13. The molecular formula is C12H17ClN2O. The normalized spacial score (nSPS) is 12.2. The Balaban J connectivity index is 2.42. The van der Waals surface area contributed by atoms with Crippen LogP contribution in [0.4, 0.5) is 5.69 Å². The van der Waals surface area contributed by atoms with Crippen molar-refractivity contribution in [1.29, 1.82) is 0 Å². The second-order valence-corrected chi connectivity index (χ2v) is 4.15. The monoisotopic (exact) mass is 240 g/mol. The van der Waals surface area contributed by atoms with Gasteiger partial charge in [-0.2, -0.15) is 0 Å². The van der Waals surface area contributed by atoms with Crippen LogP contribution in [0.25, 0.3) is 0 Å². The van der Waals surface area contributed by atoms with Gasteiger partial charge in [0, 0.05) is 23.2 Å². The van der Waals surface area contributed by atoms with Crippen molar-refractivity contribution in [3.63, 3.8) is 0 Å². The van der Waals surface area contributed by atoms with E-state index in [1.54, 1.807) is 24.3 Å². The molecule has 1 rings (SSSR count). The van der Waals surface area contributed by atoms with Crippen molar-refractivity contribution in [1.82, 2.24) is 5.32 Å². The summed E-state index contributed by atoms with van der Waals surface area (Å²) in [4.78, 5) is 11.6. The third-order valence-corrected chi connectivity index (χ3v) is 2.42. The lowest BCUT2D eigenvalue weighted by atomic mass is 10.2. The number of carbonyl (C=O) groups excluding carboxylic acids is 1. The molecule has 0 aromatic heterocycles. The Hall–Kier alpha value is -1.06. The van der Waals surface area contributed by atoms with Crippen LogP contribution in [0.3, 0.4) is 0 Å². The first-order valence-electron chi connectivity index (χ1n) is 5.40. The molecule has 1 atom stereocenters. The maximum atomic E-state index is 11.6. The Bertz CT molecular complexity index is 337. The van der Waals surface area contributed by atoms with Gasteiger partial charge in [-0.25, -0.2) is 0 Å². The first kappa shape index (κ1) is 13.0. The van der Waals surface area contributed by atoms with E-state index in [4.69, 9.17) is 11.6 Å². The number of nitrogens with one attached hydrogen (secondary N) is 2. The van der Waals surface area contributed by atoms with E-state index in [-0.39, 0.29) is 11.9 Å². The number of benzene rings is 1. The number of hydrogen-bond donors (Lipinski definition) is 2. The summed E-state index contributed by atoms with van der Waals surface area (Å²) in [5.41, 5.74) is 0.776. The van der Waals surface area contributed by atoms with Crippen LogP contribution in [0.15, 0.2) is 24.3 Å². The predicted octanol–water partition coefficient (Wildman–Crippen LogP) is 2.67. The lowest BCUT2D eigenvalue weighted by molar-refractivity contribution is -0.116. The molecule has 0 saturated heterocycles. The summed E-state index contributed by atoms with van der Waals surface area (Å²) in [5.74, 6) is 0.00997. The standard InChI is InChI=1S/C12H17ClN2O/c1-3-14-9(2)8-12(16)15-11-6-4-10(13)5-7-11/h4-7,9,14H,3,8H2,1-2H3,(H,15,16). The molecule has 1 aromatic carbocycles. The molecule has 0 bridgehead atoms. The third-order valence-electron chi connectivity index (χ3n) is 2.17. The zero-order valence-corrected chi connectivity index (χ0v) is 10.3. The van der Waals surface area contributed by atoms with Crippen molar-refractivity contribution in [2.45, 2.75) is 26.3 Å². The van der Waals surface area contributed by atoms with Crippen molar-refractivity contribution < 1.29 is 4.79 Å². The number of halogens is 1. The number of anilines is 1. The molecular weight excluding hydrogens is 224 g/mol. The minimum absolute atomic E-state index is 0.00997. The average Bonchev–Trinajstić information content (AvgIpc) is 2.21. The highest BCUT2D eigenvalue weighted by Gasteiger charge is 2.07. The van der Waals surface area contributed by atoms with Crippen LogP contribution < -0.4 is 10.6 Å². The molecule has 16 heavy (non-hydrogen) atoms. The maximum absolute atomic E-state index is 11.6. The molecule has 4 heteroatoms. The van der Waals surface area contributed by atoms with E-state index in [1.807, 2.05) is 13.8 Å². The minimum atomic E-state index is 0.00997. The molecule has 0 aliphatic heterocycles. The fourth-order valence-electron chi connectivity index (χ4n) is 1.44. The van der Waals surface area contributed by atoms with Crippen LogP contribution in [0.2, 0.25) is 5.02 Å². The number of rotatable bonds is 5. The van der Waals surface area contributed by atoms with Gasteiger partial charge in [0.15, 0.2) is 0 Å². The van der Waals surface area contributed by atoms with Gasteiger partial charge in [-0.15, -0.1) is 0 Å². The highest BCUT2D eigenvalue weighted by molar-refractivity contribution is 6.30. The van der Waals surface area contributed by atoms with E-state index in [0.29, 0.717) is 11.4 Å². The van der Waals surface area contributed by atoms with E-state index >= 15 is 0 Å². The molecule has 0 heterocycles. The maximum Gasteiger partial charge on any atom is 0.225 e. The van der Waals surface area contributed by atoms with E-state index < -0.39 is 0 Å². The van der Waals surface area contributed by atoms with E-state index in [0.717, 1.165) is 12.2 Å². The largest absolute Gasteiger partial charge is 0.326 e. The first-order valence-corrected chi connectivity index (χ1v) is 5.78. The predicted molar refractivity (Wildman–Crippen MR) is 67.8 cm³/mol. The molecule has 1 amide bonds. The molecule has 0 fully saturated rings. The van der Waals surface area contributed by atoms with Gasteiger partial charge in [-0.1, -0.05) is 18.5 Å². The molecule has 0 spiro atoms. The zero-order chi connectivity index (χ0) is 12.0. The summed E-state index contributed by atoms with van der Waals surface area (Å²) in [5, 5.41) is 6.68. The molecule has 1 aromatic rings. The van der Waals surface area contributed by atoms with Gasteiger partial charge in [-0.3, -0.25) is 4.79 Å². The molecule has 3 nitrogen and oxygen atoms in total. The van der Waals surface area contributed by atoms with E-state index in [2.05, 4.69) is 10.6 Å². The molecule has 2 N–H and O–H groups in total. The highest BCUT2D eigenvalue weighted by atomic mass is 35.5. The van der Waals surface area contributed by atoms with Crippen molar-refractivity contribution in [3.05, 3.63) is 29.3 Å². The Morgan fingerprint density at radius 1 is 1.38 bits per heavy atom. The summed E-state index contributed by atoms with van der Waals surface area (Å²) < 4.78 is 0. The summed E-state index contributed by atoms with van der Waals surface area (Å²) in [7, 11) is 0.